The molecule has 0 rings (SSSR count). The zero-order valence-corrected chi connectivity index (χ0v) is 6.85. The van der Waals surface area contributed by atoms with Crippen molar-refractivity contribution in [3.05, 3.63) is 0 Å². The van der Waals surface area contributed by atoms with E-state index in [2.05, 4.69) is 9.73 Å². The third-order valence-corrected chi connectivity index (χ3v) is 0.771. The third kappa shape index (κ3) is 7.17. The van der Waals surface area contributed by atoms with Gasteiger partial charge < -0.3 is 10.5 Å². The number of nitrogens with zero attached hydrogens (tertiary/aromatic N) is 1. The molecule has 0 fully saturated rings. The van der Waals surface area contributed by atoms with Crippen molar-refractivity contribution in [2.45, 2.75) is 26.1 Å². The number of rotatable bonds is 2. The fourth-order valence-electron chi connectivity index (χ4n) is 0.446. The molecule has 0 amide bonds. The van der Waals surface area contributed by atoms with Crippen LogP contribution in [0.2, 0.25) is 0 Å². The number of alkyl halides is 3. The molecule has 0 aromatic carbocycles. The Morgan fingerprint density at radius 3 is 2.33 bits per heavy atom. The van der Waals surface area contributed by atoms with Crippen LogP contribution in [-0.2, 0) is 4.74 Å². The molecule has 0 radical (unpaired) electrons. The molecular weight excluding hydrogens is 173 g/mol. The van der Waals surface area contributed by atoms with Crippen LogP contribution in [0.25, 0.3) is 0 Å². The van der Waals surface area contributed by atoms with Crippen LogP contribution in [0.15, 0.2) is 4.99 Å². The molecule has 0 aliphatic heterocycles. The van der Waals surface area contributed by atoms with Crippen molar-refractivity contribution in [3.8, 4) is 0 Å². The highest BCUT2D eigenvalue weighted by Crippen LogP contribution is 2.14. The topological polar surface area (TPSA) is 47.6 Å². The number of nitrogens with two attached hydrogens (primary N) is 1. The predicted octanol–water partition coefficient (Wildman–Crippen LogP) is 1.29. The number of halogens is 3. The summed E-state index contributed by atoms with van der Waals surface area (Å²) in [5.74, 6) is 0. The molecule has 0 aromatic rings. The summed E-state index contributed by atoms with van der Waals surface area (Å²) >= 11 is 0. The van der Waals surface area contributed by atoms with E-state index < -0.39 is 18.7 Å². The molecule has 0 aliphatic rings. The zero-order chi connectivity index (χ0) is 9.78. The van der Waals surface area contributed by atoms with Gasteiger partial charge in [-0.2, -0.15) is 13.2 Å². The lowest BCUT2D eigenvalue weighted by atomic mass is 10.5. The zero-order valence-electron chi connectivity index (χ0n) is 6.85. The fraction of sp³-hybridized carbons (Fsp3) is 0.833. The summed E-state index contributed by atoms with van der Waals surface area (Å²) in [6.45, 7) is 2.00. The van der Waals surface area contributed by atoms with Crippen molar-refractivity contribution < 1.29 is 17.9 Å². The van der Waals surface area contributed by atoms with Gasteiger partial charge in [-0.25, -0.2) is 4.99 Å². The monoisotopic (exact) mass is 184 g/mol. The van der Waals surface area contributed by atoms with Gasteiger partial charge in [0.25, 0.3) is 6.02 Å². The highest BCUT2D eigenvalue weighted by molar-refractivity contribution is 5.71. The largest absolute Gasteiger partial charge is 0.463 e. The summed E-state index contributed by atoms with van der Waals surface area (Å²) in [5.41, 5.74) is 5.01. The van der Waals surface area contributed by atoms with E-state index in [0.717, 1.165) is 0 Å². The molecule has 0 atom stereocenters. The molecule has 12 heavy (non-hydrogen) atoms. The van der Waals surface area contributed by atoms with Gasteiger partial charge in [-0.1, -0.05) is 0 Å². The number of hydrogen-bond acceptors (Lipinski definition) is 2. The van der Waals surface area contributed by atoms with Crippen molar-refractivity contribution in [2.75, 3.05) is 6.54 Å². The fourth-order valence-corrected chi connectivity index (χ4v) is 0.446. The second-order valence-electron chi connectivity index (χ2n) is 2.44. The molecule has 72 valence electrons. The Labute approximate surface area is 68.4 Å². The summed E-state index contributed by atoms with van der Waals surface area (Å²) in [6, 6.07) is -0.428. The summed E-state index contributed by atoms with van der Waals surface area (Å²) < 4.78 is 39.3. The summed E-state index contributed by atoms with van der Waals surface area (Å²) in [4.78, 5) is 2.98. The van der Waals surface area contributed by atoms with E-state index in [1.165, 1.54) is 0 Å². The molecule has 0 heterocycles. The van der Waals surface area contributed by atoms with Gasteiger partial charge in [0.1, 0.15) is 6.54 Å². The van der Waals surface area contributed by atoms with Gasteiger partial charge in [0.15, 0.2) is 0 Å². The predicted molar refractivity (Wildman–Crippen MR) is 38.8 cm³/mol. The van der Waals surface area contributed by atoms with Gasteiger partial charge in [0.05, 0.1) is 6.10 Å². The van der Waals surface area contributed by atoms with Gasteiger partial charge >= 0.3 is 6.18 Å². The Morgan fingerprint density at radius 2 is 2.00 bits per heavy atom. The standard InChI is InChI=1S/C6H11F3N2O/c1-4(2)12-5(10)11-3-6(7,8)9/h4H,3H2,1-2H3,(H2,10,11). The molecule has 0 bridgehead atoms. The lowest BCUT2D eigenvalue weighted by molar-refractivity contribution is -0.118. The van der Waals surface area contributed by atoms with Crippen LogP contribution in [0.3, 0.4) is 0 Å². The number of ether oxygens (including phenoxy) is 1. The molecule has 0 aromatic heterocycles. The van der Waals surface area contributed by atoms with Crippen LogP contribution in [0.1, 0.15) is 13.8 Å². The van der Waals surface area contributed by atoms with Crippen LogP contribution in [0.5, 0.6) is 0 Å². The minimum atomic E-state index is -4.33. The second-order valence-corrected chi connectivity index (χ2v) is 2.44. The lowest BCUT2D eigenvalue weighted by Gasteiger charge is -2.08. The minimum Gasteiger partial charge on any atom is -0.463 e. The maximum Gasteiger partial charge on any atom is 0.408 e. The van der Waals surface area contributed by atoms with E-state index in [0.29, 0.717) is 0 Å². The van der Waals surface area contributed by atoms with Crippen LogP contribution in [0.4, 0.5) is 13.2 Å². The number of hydrogen-bond donors (Lipinski definition) is 1. The van der Waals surface area contributed by atoms with Gasteiger partial charge in [-0.3, -0.25) is 0 Å². The summed E-state index contributed by atoms with van der Waals surface area (Å²) in [7, 11) is 0. The average Bonchev–Trinajstić information content (AvgIpc) is 1.80. The average molecular weight is 184 g/mol. The van der Waals surface area contributed by atoms with E-state index >= 15 is 0 Å². The van der Waals surface area contributed by atoms with Gasteiger partial charge in [-0.05, 0) is 13.8 Å². The maximum atomic E-state index is 11.5. The molecule has 0 saturated carbocycles. The number of aliphatic imine (C=N–C) groups is 1. The van der Waals surface area contributed by atoms with Gasteiger partial charge in [-0.15, -0.1) is 0 Å². The van der Waals surface area contributed by atoms with Crippen LogP contribution < -0.4 is 5.73 Å². The SMILES string of the molecule is CC(C)OC(N)=NCC(F)(F)F. The van der Waals surface area contributed by atoms with E-state index in [-0.39, 0.29) is 6.10 Å². The first-order valence-electron chi connectivity index (χ1n) is 3.34. The van der Waals surface area contributed by atoms with E-state index in [9.17, 15) is 13.2 Å². The van der Waals surface area contributed by atoms with Crippen LogP contribution in [-0.4, -0.2) is 24.8 Å². The first-order chi connectivity index (χ1) is 5.31. The summed E-state index contributed by atoms with van der Waals surface area (Å²) in [5, 5.41) is 0. The molecule has 0 spiro atoms. The van der Waals surface area contributed by atoms with Crippen molar-refractivity contribution >= 4 is 6.02 Å². The third-order valence-electron chi connectivity index (χ3n) is 0.771. The normalized spacial score (nSPS) is 13.7. The van der Waals surface area contributed by atoms with Crippen LogP contribution >= 0.6 is 0 Å². The van der Waals surface area contributed by atoms with Gasteiger partial charge in [0, 0.05) is 0 Å². The minimum absolute atomic E-state index is 0.262. The summed E-state index contributed by atoms with van der Waals surface area (Å²) in [6.07, 6.45) is -4.59. The molecule has 3 nitrogen and oxygen atoms in total. The Kier molecular flexibility index (Phi) is 3.85. The van der Waals surface area contributed by atoms with E-state index in [1.807, 2.05) is 0 Å². The molecule has 0 saturated heterocycles. The molecular formula is C6H11F3N2O. The van der Waals surface area contributed by atoms with Crippen molar-refractivity contribution in [1.82, 2.24) is 0 Å². The molecule has 2 N–H and O–H groups in total. The number of amidine groups is 1. The molecule has 0 aliphatic carbocycles. The second kappa shape index (κ2) is 4.18. The first kappa shape index (κ1) is 11.1. The van der Waals surface area contributed by atoms with Crippen molar-refractivity contribution in [3.63, 3.8) is 0 Å². The first-order valence-corrected chi connectivity index (χ1v) is 3.34. The molecule has 6 heteroatoms. The smallest absolute Gasteiger partial charge is 0.408 e. The lowest BCUT2D eigenvalue weighted by Crippen LogP contribution is -2.23. The highest BCUT2D eigenvalue weighted by atomic mass is 19.4. The highest BCUT2D eigenvalue weighted by Gasteiger charge is 2.26. The van der Waals surface area contributed by atoms with E-state index in [1.54, 1.807) is 13.8 Å². The van der Waals surface area contributed by atoms with Gasteiger partial charge in [0.2, 0.25) is 0 Å². The van der Waals surface area contributed by atoms with Crippen LogP contribution in [0, 0.1) is 0 Å². The molecule has 0 unspecified atom stereocenters. The Balaban J connectivity index is 3.85. The Morgan fingerprint density at radius 1 is 1.50 bits per heavy atom. The quantitative estimate of drug-likeness (QED) is 0.519. The van der Waals surface area contributed by atoms with Crippen molar-refractivity contribution in [2.24, 2.45) is 10.7 Å². The maximum absolute atomic E-state index is 11.5. The van der Waals surface area contributed by atoms with E-state index in [4.69, 9.17) is 5.73 Å². The van der Waals surface area contributed by atoms with Crippen molar-refractivity contribution in [1.29, 1.82) is 0 Å². The Hall–Kier alpha value is -0.940. The Bertz CT molecular complexity index is 165.